The molecule has 0 spiro atoms. The van der Waals surface area contributed by atoms with Crippen molar-refractivity contribution in [1.29, 1.82) is 0 Å². The number of rotatable bonds is 6. The van der Waals surface area contributed by atoms with Gasteiger partial charge < -0.3 is 10.6 Å². The predicted octanol–water partition coefficient (Wildman–Crippen LogP) is 1.40. The van der Waals surface area contributed by atoms with E-state index in [1.54, 1.807) is 6.20 Å². The summed E-state index contributed by atoms with van der Waals surface area (Å²) in [4.78, 5) is 18.2. The summed E-state index contributed by atoms with van der Waals surface area (Å²) in [6.07, 6.45) is 4.13. The fourth-order valence-electron chi connectivity index (χ4n) is 2.38. The monoisotopic (exact) mass is 282 g/mol. The summed E-state index contributed by atoms with van der Waals surface area (Å²) in [5.41, 5.74) is 0. The molecule has 1 aromatic rings. The molecule has 1 fully saturated rings. The van der Waals surface area contributed by atoms with Gasteiger partial charge in [-0.1, -0.05) is 6.92 Å². The van der Waals surface area contributed by atoms with Crippen molar-refractivity contribution in [2.24, 2.45) is 5.92 Å². The fraction of sp³-hybridized carbons (Fsp3) is 0.692. The molecule has 0 radical (unpaired) electrons. The molecule has 2 N–H and O–H groups in total. The third kappa shape index (κ3) is 4.89. The van der Waals surface area contributed by atoms with E-state index in [4.69, 9.17) is 0 Å². The van der Waals surface area contributed by atoms with Crippen LogP contribution in [0.15, 0.2) is 11.6 Å². The Morgan fingerprint density at radius 1 is 1.58 bits per heavy atom. The van der Waals surface area contributed by atoms with E-state index in [0.29, 0.717) is 17.6 Å². The Labute approximate surface area is 118 Å². The summed E-state index contributed by atoms with van der Waals surface area (Å²) in [5, 5.41) is 8.76. The molecule has 106 valence electrons. The Morgan fingerprint density at radius 2 is 2.37 bits per heavy atom. The lowest BCUT2D eigenvalue weighted by atomic mass is 9.97. The van der Waals surface area contributed by atoms with Gasteiger partial charge in [0.15, 0.2) is 5.13 Å². The molecule has 2 heterocycles. The number of aromatic nitrogens is 1. The molecule has 19 heavy (non-hydrogen) atoms. The van der Waals surface area contributed by atoms with Crippen LogP contribution in [0.25, 0.3) is 0 Å². The van der Waals surface area contributed by atoms with Crippen LogP contribution < -0.4 is 10.6 Å². The van der Waals surface area contributed by atoms with Crippen molar-refractivity contribution in [3.05, 3.63) is 11.6 Å². The van der Waals surface area contributed by atoms with E-state index < -0.39 is 0 Å². The number of carbonyl (C=O) groups excluding carboxylic acids is 1. The average molecular weight is 282 g/mol. The van der Waals surface area contributed by atoms with E-state index in [0.717, 1.165) is 26.2 Å². The Balaban J connectivity index is 1.76. The van der Waals surface area contributed by atoms with Crippen molar-refractivity contribution < 1.29 is 4.79 Å². The second-order valence-electron chi connectivity index (χ2n) is 4.91. The fourth-order valence-corrected chi connectivity index (χ4v) is 2.93. The minimum atomic E-state index is 0.0331. The second-order valence-corrected chi connectivity index (χ2v) is 5.80. The molecule has 0 unspecified atom stereocenters. The van der Waals surface area contributed by atoms with Gasteiger partial charge in [-0.3, -0.25) is 9.69 Å². The topological polar surface area (TPSA) is 57.3 Å². The zero-order valence-electron chi connectivity index (χ0n) is 11.4. The number of thiazole rings is 1. The maximum absolute atomic E-state index is 11.9. The normalized spacial score (nSPS) is 16.7. The third-order valence-corrected chi connectivity index (χ3v) is 4.16. The molecule has 0 bridgehead atoms. The number of nitrogens with zero attached hydrogens (tertiary/aromatic N) is 2. The van der Waals surface area contributed by atoms with Crippen LogP contribution in [0, 0.1) is 5.92 Å². The Kier molecular flexibility index (Phi) is 5.75. The number of hydrogen-bond acceptors (Lipinski definition) is 5. The number of hydrogen-bond donors (Lipinski definition) is 2. The number of piperidine rings is 1. The summed E-state index contributed by atoms with van der Waals surface area (Å²) < 4.78 is 0. The van der Waals surface area contributed by atoms with Gasteiger partial charge in [0, 0.05) is 18.1 Å². The molecule has 1 aliphatic rings. The summed E-state index contributed by atoms with van der Waals surface area (Å²) in [6.45, 7) is 6.71. The van der Waals surface area contributed by atoms with E-state index in [1.165, 1.54) is 24.2 Å². The lowest BCUT2D eigenvalue weighted by Crippen LogP contribution is -2.39. The van der Waals surface area contributed by atoms with Crippen molar-refractivity contribution in [3.63, 3.8) is 0 Å². The number of carbonyl (C=O) groups is 1. The van der Waals surface area contributed by atoms with E-state index in [9.17, 15) is 4.79 Å². The summed E-state index contributed by atoms with van der Waals surface area (Å²) in [6, 6.07) is 0. The van der Waals surface area contributed by atoms with E-state index >= 15 is 0 Å². The molecule has 6 heteroatoms. The molecule has 0 aromatic carbocycles. The third-order valence-electron chi connectivity index (χ3n) is 3.47. The van der Waals surface area contributed by atoms with Crippen LogP contribution in [0.1, 0.15) is 19.8 Å². The van der Waals surface area contributed by atoms with Crippen LogP contribution in [0.2, 0.25) is 0 Å². The number of anilines is 1. The second kappa shape index (κ2) is 7.57. The van der Waals surface area contributed by atoms with E-state index in [-0.39, 0.29) is 5.91 Å². The van der Waals surface area contributed by atoms with Gasteiger partial charge >= 0.3 is 0 Å². The summed E-state index contributed by atoms with van der Waals surface area (Å²) in [5.74, 6) is 0.750. The van der Waals surface area contributed by atoms with Gasteiger partial charge in [0.25, 0.3) is 0 Å². The highest BCUT2D eigenvalue weighted by Gasteiger charge is 2.18. The van der Waals surface area contributed by atoms with E-state index in [2.05, 4.69) is 27.4 Å². The van der Waals surface area contributed by atoms with Crippen molar-refractivity contribution in [3.8, 4) is 0 Å². The van der Waals surface area contributed by atoms with Crippen LogP contribution in [-0.2, 0) is 4.79 Å². The first-order chi connectivity index (χ1) is 9.28. The molecule has 1 aliphatic heterocycles. The Morgan fingerprint density at radius 3 is 3.00 bits per heavy atom. The summed E-state index contributed by atoms with van der Waals surface area (Å²) >= 11 is 1.45. The minimum Gasteiger partial charge on any atom is -0.317 e. The molecule has 2 rings (SSSR count). The quantitative estimate of drug-likeness (QED) is 0.828. The van der Waals surface area contributed by atoms with Gasteiger partial charge in [-0.15, -0.1) is 11.3 Å². The Hall–Kier alpha value is -0.980. The largest absolute Gasteiger partial charge is 0.317 e. The predicted molar refractivity (Wildman–Crippen MR) is 78.5 cm³/mol. The minimum absolute atomic E-state index is 0.0331. The van der Waals surface area contributed by atoms with Crippen molar-refractivity contribution >= 4 is 22.4 Å². The van der Waals surface area contributed by atoms with Gasteiger partial charge in [-0.25, -0.2) is 4.98 Å². The van der Waals surface area contributed by atoms with Crippen LogP contribution in [0.5, 0.6) is 0 Å². The molecule has 5 nitrogen and oxygen atoms in total. The van der Waals surface area contributed by atoms with Crippen LogP contribution >= 0.6 is 11.3 Å². The molecule has 1 saturated heterocycles. The van der Waals surface area contributed by atoms with Crippen molar-refractivity contribution in [2.45, 2.75) is 19.8 Å². The van der Waals surface area contributed by atoms with Crippen molar-refractivity contribution in [1.82, 2.24) is 15.2 Å². The highest BCUT2D eigenvalue weighted by Crippen LogP contribution is 2.14. The first kappa shape index (κ1) is 14.4. The van der Waals surface area contributed by atoms with Gasteiger partial charge in [0.2, 0.25) is 5.91 Å². The smallest absolute Gasteiger partial charge is 0.240 e. The molecule has 0 saturated carbocycles. The first-order valence-corrected chi connectivity index (χ1v) is 7.78. The highest BCUT2D eigenvalue weighted by atomic mass is 32.1. The lowest BCUT2D eigenvalue weighted by molar-refractivity contribution is -0.117. The van der Waals surface area contributed by atoms with Gasteiger partial charge in [-0.05, 0) is 38.4 Å². The zero-order chi connectivity index (χ0) is 13.5. The van der Waals surface area contributed by atoms with Gasteiger partial charge in [-0.2, -0.15) is 0 Å². The first-order valence-electron chi connectivity index (χ1n) is 6.90. The molecular formula is C13H22N4OS. The van der Waals surface area contributed by atoms with Gasteiger partial charge in [0.1, 0.15) is 0 Å². The molecule has 0 atom stereocenters. The molecule has 0 aliphatic carbocycles. The van der Waals surface area contributed by atoms with E-state index in [1.807, 2.05) is 5.38 Å². The lowest BCUT2D eigenvalue weighted by Gasteiger charge is -2.28. The highest BCUT2D eigenvalue weighted by molar-refractivity contribution is 7.13. The average Bonchev–Trinajstić information content (AvgIpc) is 2.92. The number of likely N-dealkylation sites (N-methyl/N-ethyl adjacent to an activating group) is 1. The SMILES string of the molecule is CCN(CC(=O)Nc1nccs1)CC1CCNCC1. The molecule has 1 amide bonds. The molecule has 1 aromatic heterocycles. The van der Waals surface area contributed by atoms with Crippen LogP contribution in [0.3, 0.4) is 0 Å². The maximum atomic E-state index is 11.9. The van der Waals surface area contributed by atoms with Crippen molar-refractivity contribution in [2.75, 3.05) is 38.0 Å². The summed E-state index contributed by atoms with van der Waals surface area (Å²) in [7, 11) is 0. The number of nitrogens with one attached hydrogen (secondary N) is 2. The zero-order valence-corrected chi connectivity index (χ0v) is 12.2. The molecular weight excluding hydrogens is 260 g/mol. The van der Waals surface area contributed by atoms with Crippen LogP contribution in [0.4, 0.5) is 5.13 Å². The Bertz CT molecular complexity index is 376. The maximum Gasteiger partial charge on any atom is 0.240 e. The van der Waals surface area contributed by atoms with Crippen LogP contribution in [-0.4, -0.2) is 48.5 Å². The standard InChI is InChI=1S/C13H22N4OS/c1-2-17(9-11-3-5-14-6-4-11)10-12(18)16-13-15-7-8-19-13/h7-8,11,14H,2-6,9-10H2,1H3,(H,15,16,18). The number of amides is 1. The van der Waals surface area contributed by atoms with Gasteiger partial charge in [0.05, 0.1) is 6.54 Å².